The van der Waals surface area contributed by atoms with Crippen molar-refractivity contribution in [1.82, 2.24) is 20.1 Å². The quantitative estimate of drug-likeness (QED) is 0.525. The second-order valence-electron chi connectivity index (χ2n) is 6.62. The van der Waals surface area contributed by atoms with Crippen molar-refractivity contribution in [2.45, 2.75) is 49.7 Å². The Hall–Kier alpha value is -1.73. The smallest absolute Gasteiger partial charge is 0.255 e. The molecule has 6 nitrogen and oxygen atoms in total. The summed E-state index contributed by atoms with van der Waals surface area (Å²) < 4.78 is 7.55. The summed E-state index contributed by atoms with van der Waals surface area (Å²) >= 11 is 7.64. The number of carbonyl (C=O) groups is 1. The first-order valence-electron chi connectivity index (χ1n) is 9.23. The summed E-state index contributed by atoms with van der Waals surface area (Å²) in [4.78, 5) is 12.4. The number of amides is 1. The highest BCUT2D eigenvalue weighted by atomic mass is 35.5. The molecule has 146 valence electrons. The molecule has 1 saturated carbocycles. The van der Waals surface area contributed by atoms with Crippen LogP contribution in [-0.4, -0.2) is 40.6 Å². The Morgan fingerprint density at radius 2 is 2.15 bits per heavy atom. The fraction of sp³-hybridized carbons (Fsp3) is 0.526. The fourth-order valence-electron chi connectivity index (χ4n) is 3.55. The van der Waals surface area contributed by atoms with Gasteiger partial charge < -0.3 is 14.6 Å². The van der Waals surface area contributed by atoms with Gasteiger partial charge in [0.15, 0.2) is 5.16 Å². The van der Waals surface area contributed by atoms with E-state index in [1.54, 1.807) is 37.1 Å². The molecule has 1 aromatic heterocycles. The molecule has 8 heteroatoms. The first-order chi connectivity index (χ1) is 13.1. The van der Waals surface area contributed by atoms with Crippen molar-refractivity contribution < 1.29 is 9.53 Å². The van der Waals surface area contributed by atoms with Gasteiger partial charge in [0.05, 0.1) is 12.7 Å². The summed E-state index contributed by atoms with van der Waals surface area (Å²) in [6.07, 6.45) is 8.57. The number of nitrogens with zero attached hydrogens (tertiary/aromatic N) is 3. The van der Waals surface area contributed by atoms with Crippen LogP contribution in [0, 0.1) is 0 Å². The van der Waals surface area contributed by atoms with Crippen LogP contribution in [-0.2, 0) is 6.42 Å². The van der Waals surface area contributed by atoms with Crippen molar-refractivity contribution in [3.05, 3.63) is 34.6 Å². The van der Waals surface area contributed by atoms with Crippen LogP contribution in [0.3, 0.4) is 0 Å². The second kappa shape index (κ2) is 9.46. The standard InChI is InChI=1S/C19H25ClN4O2S/c1-26-16-10-9-13(20)12-15(16)18(25)21-11-5-8-17-22-23-19(27-2)24(17)14-6-3-4-7-14/h9-10,12,14H,3-8,11H2,1-2H3,(H,21,25). The Bertz CT molecular complexity index is 790. The fourth-order valence-corrected chi connectivity index (χ4v) is 4.29. The van der Waals surface area contributed by atoms with Crippen LogP contribution >= 0.6 is 23.4 Å². The van der Waals surface area contributed by atoms with E-state index in [9.17, 15) is 4.79 Å². The molecule has 0 atom stereocenters. The van der Waals surface area contributed by atoms with E-state index in [2.05, 4.69) is 20.1 Å². The van der Waals surface area contributed by atoms with Crippen LogP contribution in [0.1, 0.15) is 54.3 Å². The average molecular weight is 409 g/mol. The van der Waals surface area contributed by atoms with E-state index in [1.165, 1.54) is 25.7 Å². The molecule has 0 saturated heterocycles. The molecule has 1 fully saturated rings. The van der Waals surface area contributed by atoms with E-state index in [4.69, 9.17) is 16.3 Å². The first-order valence-corrected chi connectivity index (χ1v) is 10.8. The Morgan fingerprint density at radius 3 is 2.85 bits per heavy atom. The molecule has 1 aliphatic rings. The predicted octanol–water partition coefficient (Wildman–Crippen LogP) is 4.14. The van der Waals surface area contributed by atoms with Crippen molar-refractivity contribution in [3.63, 3.8) is 0 Å². The van der Waals surface area contributed by atoms with Crippen LogP contribution in [0.15, 0.2) is 23.4 Å². The maximum absolute atomic E-state index is 12.4. The van der Waals surface area contributed by atoms with Crippen LogP contribution in [0.2, 0.25) is 5.02 Å². The number of benzene rings is 1. The lowest BCUT2D eigenvalue weighted by Gasteiger charge is -2.16. The predicted molar refractivity (Wildman–Crippen MR) is 108 cm³/mol. The van der Waals surface area contributed by atoms with Crippen molar-refractivity contribution in [2.24, 2.45) is 0 Å². The topological polar surface area (TPSA) is 69.0 Å². The van der Waals surface area contributed by atoms with Gasteiger partial charge in [-0.3, -0.25) is 4.79 Å². The molecule has 1 N–H and O–H groups in total. The molecule has 0 radical (unpaired) electrons. The molecule has 0 unspecified atom stereocenters. The van der Waals surface area contributed by atoms with E-state index < -0.39 is 0 Å². The SMILES string of the molecule is COc1ccc(Cl)cc1C(=O)NCCCc1nnc(SC)n1C1CCCC1. The number of methoxy groups -OCH3 is 1. The van der Waals surface area contributed by atoms with Gasteiger partial charge in [-0.1, -0.05) is 36.2 Å². The molecule has 0 aliphatic heterocycles. The molecular formula is C19H25ClN4O2S. The summed E-state index contributed by atoms with van der Waals surface area (Å²) in [6.45, 7) is 0.556. The molecule has 1 heterocycles. The Morgan fingerprint density at radius 1 is 1.37 bits per heavy atom. The molecule has 1 amide bonds. The van der Waals surface area contributed by atoms with Crippen molar-refractivity contribution in [1.29, 1.82) is 0 Å². The second-order valence-corrected chi connectivity index (χ2v) is 7.83. The van der Waals surface area contributed by atoms with Gasteiger partial charge in [-0.25, -0.2) is 0 Å². The summed E-state index contributed by atoms with van der Waals surface area (Å²) in [6, 6.07) is 5.54. The third-order valence-electron chi connectivity index (χ3n) is 4.88. The molecule has 0 spiro atoms. The van der Waals surface area contributed by atoms with Crippen molar-refractivity contribution in [2.75, 3.05) is 19.9 Å². The summed E-state index contributed by atoms with van der Waals surface area (Å²) in [5.74, 6) is 1.35. The highest BCUT2D eigenvalue weighted by molar-refractivity contribution is 7.98. The third kappa shape index (κ3) is 4.76. The van der Waals surface area contributed by atoms with Crippen molar-refractivity contribution in [3.8, 4) is 5.75 Å². The van der Waals surface area contributed by atoms with Gasteiger partial charge in [-0.2, -0.15) is 0 Å². The number of carbonyl (C=O) groups excluding carboxylic acids is 1. The highest BCUT2D eigenvalue weighted by Crippen LogP contribution is 2.33. The van der Waals surface area contributed by atoms with E-state index in [-0.39, 0.29) is 5.91 Å². The normalized spacial score (nSPS) is 14.5. The minimum Gasteiger partial charge on any atom is -0.496 e. The van der Waals surface area contributed by atoms with Gasteiger partial charge in [-0.05, 0) is 43.7 Å². The monoisotopic (exact) mass is 408 g/mol. The van der Waals surface area contributed by atoms with Gasteiger partial charge in [0.2, 0.25) is 0 Å². The van der Waals surface area contributed by atoms with Gasteiger partial charge in [0.1, 0.15) is 11.6 Å². The van der Waals surface area contributed by atoms with Gasteiger partial charge >= 0.3 is 0 Å². The Kier molecular flexibility index (Phi) is 7.01. The molecular weight excluding hydrogens is 384 g/mol. The number of aryl methyl sites for hydroxylation is 1. The molecule has 27 heavy (non-hydrogen) atoms. The molecule has 2 aromatic rings. The third-order valence-corrected chi connectivity index (χ3v) is 5.76. The van der Waals surface area contributed by atoms with Gasteiger partial charge in [-0.15, -0.1) is 10.2 Å². The molecule has 3 rings (SSSR count). The molecule has 1 aliphatic carbocycles. The largest absolute Gasteiger partial charge is 0.496 e. The minimum absolute atomic E-state index is 0.184. The highest BCUT2D eigenvalue weighted by Gasteiger charge is 2.23. The number of ether oxygens (including phenoxy) is 1. The number of rotatable bonds is 8. The first kappa shape index (κ1) is 20.0. The average Bonchev–Trinajstić information content (AvgIpc) is 3.34. The minimum atomic E-state index is -0.184. The number of halogens is 1. The lowest BCUT2D eigenvalue weighted by atomic mass is 10.2. The van der Waals surface area contributed by atoms with Crippen LogP contribution in [0.25, 0.3) is 0 Å². The van der Waals surface area contributed by atoms with Crippen LogP contribution in [0.5, 0.6) is 5.75 Å². The van der Waals surface area contributed by atoms with E-state index in [1.807, 2.05) is 6.26 Å². The van der Waals surface area contributed by atoms with Crippen LogP contribution in [0.4, 0.5) is 0 Å². The zero-order chi connectivity index (χ0) is 19.2. The summed E-state index contributed by atoms with van der Waals surface area (Å²) in [5, 5.41) is 13.2. The Labute approximate surface area is 169 Å². The lowest BCUT2D eigenvalue weighted by molar-refractivity contribution is 0.0950. The maximum Gasteiger partial charge on any atom is 0.255 e. The number of thioether (sulfide) groups is 1. The number of aromatic nitrogens is 3. The number of hydrogen-bond donors (Lipinski definition) is 1. The van der Waals surface area contributed by atoms with Gasteiger partial charge in [0.25, 0.3) is 5.91 Å². The van der Waals surface area contributed by atoms with Gasteiger partial charge in [0, 0.05) is 24.0 Å². The lowest BCUT2D eigenvalue weighted by Crippen LogP contribution is -2.25. The number of nitrogens with one attached hydrogen (secondary N) is 1. The molecule has 1 aromatic carbocycles. The van der Waals surface area contributed by atoms with E-state index in [0.717, 1.165) is 23.8 Å². The number of hydrogen-bond acceptors (Lipinski definition) is 5. The summed E-state index contributed by atoms with van der Waals surface area (Å²) in [5.41, 5.74) is 0.448. The van der Waals surface area contributed by atoms with E-state index in [0.29, 0.717) is 28.9 Å². The van der Waals surface area contributed by atoms with Crippen LogP contribution < -0.4 is 10.1 Å². The van der Waals surface area contributed by atoms with Crippen molar-refractivity contribution >= 4 is 29.3 Å². The summed E-state index contributed by atoms with van der Waals surface area (Å²) in [7, 11) is 1.54. The zero-order valence-electron chi connectivity index (χ0n) is 15.7. The zero-order valence-corrected chi connectivity index (χ0v) is 17.3. The molecule has 0 bridgehead atoms. The van der Waals surface area contributed by atoms with E-state index >= 15 is 0 Å². The Balaban J connectivity index is 1.57. The maximum atomic E-state index is 12.4.